The lowest BCUT2D eigenvalue weighted by molar-refractivity contribution is -0.134. The normalized spacial score (nSPS) is 20.4. The Balaban J connectivity index is 0.000000275. The quantitative estimate of drug-likeness (QED) is 0.695. The van der Waals surface area contributed by atoms with Gasteiger partial charge >= 0.3 is 18.0 Å². The fourth-order valence-electron chi connectivity index (χ4n) is 3.46. The molecule has 3 aliphatic heterocycles. The van der Waals surface area contributed by atoms with E-state index >= 15 is 0 Å². The first-order valence-electron chi connectivity index (χ1n) is 9.57. The van der Waals surface area contributed by atoms with Crippen molar-refractivity contribution in [2.45, 2.75) is 18.9 Å². The predicted molar refractivity (Wildman–Crippen MR) is 108 cm³/mol. The summed E-state index contributed by atoms with van der Waals surface area (Å²) in [5, 5.41) is 24.1. The molecule has 2 aromatic rings. The van der Waals surface area contributed by atoms with Crippen molar-refractivity contribution in [1.29, 1.82) is 0 Å². The number of carboxylic acids is 2. The average molecular weight is 416 g/mol. The summed E-state index contributed by atoms with van der Waals surface area (Å²) in [6, 6.07) is 8.87. The molecule has 3 fully saturated rings. The van der Waals surface area contributed by atoms with Crippen LogP contribution in [0.4, 0.5) is 6.01 Å². The molecule has 0 saturated carbocycles. The van der Waals surface area contributed by atoms with E-state index in [1.807, 2.05) is 24.3 Å². The van der Waals surface area contributed by atoms with E-state index in [0.717, 1.165) is 24.4 Å². The second kappa shape index (κ2) is 9.88. The number of hydrogen-bond acceptors (Lipinski definition) is 8. The molecule has 0 radical (unpaired) electrons. The lowest BCUT2D eigenvalue weighted by Crippen LogP contribution is -2.38. The Morgan fingerprint density at radius 1 is 1.03 bits per heavy atom. The molecule has 1 aromatic heterocycles. The number of aromatic nitrogens is 2. The van der Waals surface area contributed by atoms with Crippen molar-refractivity contribution < 1.29 is 29.0 Å². The molecule has 10 nitrogen and oxygen atoms in total. The lowest BCUT2D eigenvalue weighted by Gasteiger charge is -2.29. The first-order chi connectivity index (χ1) is 14.5. The monoisotopic (exact) mass is 416 g/mol. The molecule has 1 aromatic carbocycles. The van der Waals surface area contributed by atoms with Gasteiger partial charge in [0.15, 0.2) is 0 Å². The average Bonchev–Trinajstić information content (AvgIpc) is 3.05. The summed E-state index contributed by atoms with van der Waals surface area (Å²) in [6.07, 6.45) is 3.48. The maximum Gasteiger partial charge on any atom is 0.328 e. The summed E-state index contributed by atoms with van der Waals surface area (Å²) >= 11 is 0. The third-order valence-electron chi connectivity index (χ3n) is 5.02. The zero-order chi connectivity index (χ0) is 21.5. The van der Waals surface area contributed by atoms with Crippen LogP contribution in [0, 0.1) is 0 Å². The Morgan fingerprint density at radius 2 is 1.67 bits per heavy atom. The highest BCUT2D eigenvalue weighted by Gasteiger charge is 2.31. The highest BCUT2D eigenvalue weighted by atomic mass is 16.5. The number of carbonyl (C=O) groups is 2. The fraction of sp³-hybridized carbons (Fsp3) is 0.400. The molecule has 0 atom stereocenters. The molecule has 2 N–H and O–H groups in total. The van der Waals surface area contributed by atoms with E-state index in [4.69, 9.17) is 19.4 Å². The fourth-order valence-corrected chi connectivity index (χ4v) is 3.46. The Labute approximate surface area is 173 Å². The lowest BCUT2D eigenvalue weighted by atomic mass is 10.1. The summed E-state index contributed by atoms with van der Waals surface area (Å²) in [5.41, 5.74) is 0.919. The van der Waals surface area contributed by atoms with Crippen LogP contribution in [0.5, 0.6) is 5.75 Å². The van der Waals surface area contributed by atoms with E-state index in [1.165, 1.54) is 25.9 Å². The van der Waals surface area contributed by atoms with Gasteiger partial charge in [-0.3, -0.25) is 0 Å². The van der Waals surface area contributed by atoms with Crippen LogP contribution in [0.25, 0.3) is 11.5 Å². The van der Waals surface area contributed by atoms with Crippen molar-refractivity contribution in [3.8, 4) is 17.2 Å². The van der Waals surface area contributed by atoms with Crippen molar-refractivity contribution in [1.82, 2.24) is 15.1 Å². The molecule has 3 saturated heterocycles. The van der Waals surface area contributed by atoms with Crippen LogP contribution in [0.1, 0.15) is 12.8 Å². The molecule has 3 aliphatic rings. The SMILES string of the molecule is COc1ccc(-c2nnc(N3CCN4CCC3CC4)o2)cc1.O=C(O)/C=C/C(=O)O. The van der Waals surface area contributed by atoms with Gasteiger partial charge in [0, 0.05) is 49.9 Å². The van der Waals surface area contributed by atoms with Crippen LogP contribution >= 0.6 is 0 Å². The van der Waals surface area contributed by atoms with Crippen LogP contribution in [0.3, 0.4) is 0 Å². The van der Waals surface area contributed by atoms with Gasteiger partial charge in [-0.25, -0.2) is 9.59 Å². The summed E-state index contributed by atoms with van der Waals surface area (Å²) in [6.45, 7) is 4.41. The Kier molecular flexibility index (Phi) is 7.02. The smallest absolute Gasteiger partial charge is 0.328 e. The van der Waals surface area contributed by atoms with Gasteiger partial charge in [-0.1, -0.05) is 5.10 Å². The van der Waals surface area contributed by atoms with Crippen molar-refractivity contribution in [3.63, 3.8) is 0 Å². The number of benzene rings is 1. The van der Waals surface area contributed by atoms with Crippen LogP contribution in [0.2, 0.25) is 0 Å². The molecule has 0 amide bonds. The first-order valence-corrected chi connectivity index (χ1v) is 9.57. The standard InChI is InChI=1S/C16H20N4O2.C4H4O4/c1-21-14-4-2-12(3-5-14)15-17-18-16(22-15)20-11-10-19-8-6-13(20)7-9-19;5-3(6)1-2-4(7)8/h2-5,13H,6-11H2,1H3;1-2H,(H,5,6)(H,7,8)/b;2-1+. The maximum atomic E-state index is 9.55. The molecular weight excluding hydrogens is 392 g/mol. The van der Waals surface area contributed by atoms with Gasteiger partial charge in [-0.2, -0.15) is 0 Å². The van der Waals surface area contributed by atoms with E-state index in [2.05, 4.69) is 20.0 Å². The van der Waals surface area contributed by atoms with Crippen molar-refractivity contribution >= 4 is 18.0 Å². The summed E-state index contributed by atoms with van der Waals surface area (Å²) < 4.78 is 11.1. The molecular formula is C20H24N4O6. The number of methoxy groups -OCH3 is 1. The summed E-state index contributed by atoms with van der Waals surface area (Å²) in [5.74, 6) is -1.13. The van der Waals surface area contributed by atoms with Gasteiger partial charge in [0.2, 0.25) is 5.89 Å². The highest BCUT2D eigenvalue weighted by Crippen LogP contribution is 2.29. The number of nitrogens with zero attached hydrogens (tertiary/aromatic N) is 4. The predicted octanol–water partition coefficient (Wildman–Crippen LogP) is 1.74. The third kappa shape index (κ3) is 5.57. The number of carboxylic acid groups (broad SMARTS) is 2. The number of hydrogen-bond donors (Lipinski definition) is 2. The molecule has 5 rings (SSSR count). The zero-order valence-electron chi connectivity index (χ0n) is 16.6. The van der Waals surface area contributed by atoms with Crippen LogP contribution in [-0.2, 0) is 9.59 Å². The molecule has 10 heteroatoms. The van der Waals surface area contributed by atoms with Gasteiger partial charge in [0.05, 0.1) is 7.11 Å². The number of aliphatic carboxylic acids is 2. The number of fused-ring (bicyclic) bond motifs is 4. The summed E-state index contributed by atoms with van der Waals surface area (Å²) in [7, 11) is 1.66. The van der Waals surface area contributed by atoms with Crippen LogP contribution in [-0.4, -0.2) is 76.6 Å². The van der Waals surface area contributed by atoms with Gasteiger partial charge in [-0.05, 0) is 37.1 Å². The number of rotatable bonds is 5. The Hall–Kier alpha value is -3.40. The second-order valence-corrected chi connectivity index (χ2v) is 6.89. The van der Waals surface area contributed by atoms with Gasteiger partial charge in [0.1, 0.15) is 5.75 Å². The number of piperidine rings is 1. The van der Waals surface area contributed by atoms with Gasteiger partial charge < -0.3 is 29.2 Å². The van der Waals surface area contributed by atoms with Crippen molar-refractivity contribution in [3.05, 3.63) is 36.4 Å². The van der Waals surface area contributed by atoms with E-state index in [-0.39, 0.29) is 0 Å². The molecule has 0 spiro atoms. The Bertz CT molecular complexity index is 871. The molecule has 4 heterocycles. The van der Waals surface area contributed by atoms with Gasteiger partial charge in [-0.15, -0.1) is 5.10 Å². The second-order valence-electron chi connectivity index (χ2n) is 6.89. The molecule has 30 heavy (non-hydrogen) atoms. The number of anilines is 1. The van der Waals surface area contributed by atoms with E-state index in [1.54, 1.807) is 7.11 Å². The highest BCUT2D eigenvalue weighted by molar-refractivity contribution is 5.89. The third-order valence-corrected chi connectivity index (χ3v) is 5.02. The van der Waals surface area contributed by atoms with Crippen molar-refractivity contribution in [2.24, 2.45) is 0 Å². The van der Waals surface area contributed by atoms with E-state index in [9.17, 15) is 9.59 Å². The number of ether oxygens (including phenoxy) is 1. The van der Waals surface area contributed by atoms with Crippen LogP contribution in [0.15, 0.2) is 40.8 Å². The topological polar surface area (TPSA) is 129 Å². The molecule has 2 bridgehead atoms. The van der Waals surface area contributed by atoms with Gasteiger partial charge in [0.25, 0.3) is 0 Å². The Morgan fingerprint density at radius 3 is 2.23 bits per heavy atom. The summed E-state index contributed by atoms with van der Waals surface area (Å²) in [4.78, 5) is 23.9. The first kappa shape index (κ1) is 21.3. The van der Waals surface area contributed by atoms with E-state index < -0.39 is 11.9 Å². The van der Waals surface area contributed by atoms with E-state index in [0.29, 0.717) is 30.1 Å². The minimum absolute atomic E-state index is 0.530. The largest absolute Gasteiger partial charge is 0.497 e. The molecule has 0 aliphatic carbocycles. The maximum absolute atomic E-state index is 9.55. The molecule has 160 valence electrons. The van der Waals surface area contributed by atoms with Crippen LogP contribution < -0.4 is 9.64 Å². The van der Waals surface area contributed by atoms with Crippen molar-refractivity contribution in [2.75, 3.05) is 38.2 Å². The zero-order valence-corrected chi connectivity index (χ0v) is 16.6. The minimum Gasteiger partial charge on any atom is -0.497 e. The minimum atomic E-state index is -1.26. The molecule has 0 unspecified atom stereocenters.